The molecule has 30 heavy (non-hydrogen) atoms. The highest BCUT2D eigenvalue weighted by Gasteiger charge is 2.34. The van der Waals surface area contributed by atoms with Crippen molar-refractivity contribution in [1.82, 2.24) is 15.2 Å². The van der Waals surface area contributed by atoms with Crippen molar-refractivity contribution in [2.45, 2.75) is 12.8 Å². The van der Waals surface area contributed by atoms with E-state index in [2.05, 4.69) is 10.3 Å². The van der Waals surface area contributed by atoms with Crippen LogP contribution in [-0.2, 0) is 4.79 Å². The number of benzene rings is 2. The van der Waals surface area contributed by atoms with Crippen molar-refractivity contribution in [2.24, 2.45) is 0 Å². The molecule has 0 atom stereocenters. The van der Waals surface area contributed by atoms with Crippen molar-refractivity contribution in [3.63, 3.8) is 0 Å². The first kappa shape index (κ1) is 19.6. The number of carbonyl (C=O) groups excluding carboxylic acids is 3. The lowest BCUT2D eigenvalue weighted by molar-refractivity contribution is -0.121. The molecule has 0 aliphatic carbocycles. The standard InChI is InChI=1S/C23H21N3O4/c27-20(11-14-26-22(28)17-8-1-2-9-18(17)23(26)29)24-13-5-15-30-19-10-3-6-16-7-4-12-25-21(16)19/h1-4,6-10,12H,5,11,13-15H2,(H,24,27). The molecule has 7 heteroatoms. The van der Waals surface area contributed by atoms with Crippen molar-refractivity contribution < 1.29 is 19.1 Å². The normalized spacial score (nSPS) is 12.9. The average molecular weight is 403 g/mol. The lowest BCUT2D eigenvalue weighted by Gasteiger charge is -2.13. The van der Waals surface area contributed by atoms with Crippen LogP contribution in [0.1, 0.15) is 33.6 Å². The number of amides is 3. The Labute approximate surface area is 173 Å². The predicted molar refractivity (Wildman–Crippen MR) is 111 cm³/mol. The molecule has 1 aliphatic rings. The number of para-hydroxylation sites is 1. The molecule has 0 spiro atoms. The van der Waals surface area contributed by atoms with Crippen LogP contribution in [0.3, 0.4) is 0 Å². The van der Waals surface area contributed by atoms with E-state index in [9.17, 15) is 14.4 Å². The third-order valence-corrected chi connectivity index (χ3v) is 4.94. The minimum atomic E-state index is -0.347. The number of nitrogens with one attached hydrogen (secondary N) is 1. The maximum absolute atomic E-state index is 12.3. The molecule has 3 amide bonds. The van der Waals surface area contributed by atoms with Gasteiger partial charge in [0.1, 0.15) is 11.3 Å². The van der Waals surface area contributed by atoms with Gasteiger partial charge in [-0.15, -0.1) is 0 Å². The van der Waals surface area contributed by atoms with E-state index in [1.807, 2.05) is 30.3 Å². The second-order valence-electron chi connectivity index (χ2n) is 6.94. The minimum Gasteiger partial charge on any atom is -0.491 e. The van der Waals surface area contributed by atoms with Crippen LogP contribution in [0.4, 0.5) is 0 Å². The Balaban J connectivity index is 1.19. The number of aromatic nitrogens is 1. The molecule has 0 saturated carbocycles. The van der Waals surface area contributed by atoms with Crippen LogP contribution in [0.2, 0.25) is 0 Å². The van der Waals surface area contributed by atoms with Gasteiger partial charge < -0.3 is 10.1 Å². The van der Waals surface area contributed by atoms with Gasteiger partial charge in [-0.05, 0) is 30.7 Å². The number of fused-ring (bicyclic) bond motifs is 2. The first-order valence-electron chi connectivity index (χ1n) is 9.83. The zero-order valence-corrected chi connectivity index (χ0v) is 16.3. The molecule has 0 bridgehead atoms. The van der Waals surface area contributed by atoms with Gasteiger partial charge in [0.15, 0.2) is 0 Å². The fourth-order valence-electron chi connectivity index (χ4n) is 3.42. The number of ether oxygens (including phenoxy) is 1. The van der Waals surface area contributed by atoms with Crippen LogP contribution in [0.15, 0.2) is 60.8 Å². The van der Waals surface area contributed by atoms with E-state index in [4.69, 9.17) is 4.74 Å². The van der Waals surface area contributed by atoms with Gasteiger partial charge in [-0.2, -0.15) is 0 Å². The summed E-state index contributed by atoms with van der Waals surface area (Å²) in [5.74, 6) is -0.190. The number of rotatable bonds is 8. The first-order chi connectivity index (χ1) is 14.6. The molecule has 2 aromatic carbocycles. The number of carbonyl (C=O) groups is 3. The summed E-state index contributed by atoms with van der Waals surface area (Å²) in [7, 11) is 0. The number of imide groups is 1. The van der Waals surface area contributed by atoms with Gasteiger partial charge in [0.25, 0.3) is 11.8 Å². The van der Waals surface area contributed by atoms with E-state index >= 15 is 0 Å². The maximum atomic E-state index is 12.3. The molecular formula is C23H21N3O4. The molecule has 2 heterocycles. The number of hydrogen-bond acceptors (Lipinski definition) is 5. The molecule has 0 fully saturated rings. The Morgan fingerprint density at radius 1 is 0.967 bits per heavy atom. The lowest BCUT2D eigenvalue weighted by atomic mass is 10.1. The largest absolute Gasteiger partial charge is 0.491 e. The molecule has 0 radical (unpaired) electrons. The van der Waals surface area contributed by atoms with Crippen LogP contribution in [-0.4, -0.2) is 47.3 Å². The quantitative estimate of drug-likeness (QED) is 0.462. The van der Waals surface area contributed by atoms with Crippen molar-refractivity contribution >= 4 is 28.6 Å². The second kappa shape index (κ2) is 8.73. The third kappa shape index (κ3) is 4.00. The van der Waals surface area contributed by atoms with E-state index in [-0.39, 0.29) is 30.7 Å². The summed E-state index contributed by atoms with van der Waals surface area (Å²) in [6, 6.07) is 16.3. The molecule has 1 aliphatic heterocycles. The van der Waals surface area contributed by atoms with Gasteiger partial charge in [-0.1, -0.05) is 30.3 Å². The molecule has 1 aromatic heterocycles. The van der Waals surface area contributed by atoms with E-state index in [1.165, 1.54) is 0 Å². The smallest absolute Gasteiger partial charge is 0.261 e. The summed E-state index contributed by atoms with van der Waals surface area (Å²) in [5.41, 5.74) is 1.59. The van der Waals surface area contributed by atoms with Crippen molar-refractivity contribution in [2.75, 3.05) is 19.7 Å². The van der Waals surface area contributed by atoms with E-state index in [0.29, 0.717) is 36.4 Å². The topological polar surface area (TPSA) is 88.6 Å². The van der Waals surface area contributed by atoms with Gasteiger partial charge in [-0.25, -0.2) is 0 Å². The van der Waals surface area contributed by atoms with Crippen molar-refractivity contribution in [3.05, 3.63) is 71.9 Å². The summed E-state index contributed by atoms with van der Waals surface area (Å²) >= 11 is 0. The van der Waals surface area contributed by atoms with Gasteiger partial charge in [-0.3, -0.25) is 24.3 Å². The van der Waals surface area contributed by atoms with Crippen LogP contribution >= 0.6 is 0 Å². The van der Waals surface area contributed by atoms with Crippen molar-refractivity contribution in [3.8, 4) is 5.75 Å². The zero-order valence-electron chi connectivity index (χ0n) is 16.3. The van der Waals surface area contributed by atoms with Gasteiger partial charge in [0.05, 0.1) is 17.7 Å². The summed E-state index contributed by atoms with van der Waals surface area (Å²) in [5, 5.41) is 3.81. The highest BCUT2D eigenvalue weighted by Crippen LogP contribution is 2.23. The molecule has 0 saturated heterocycles. The average Bonchev–Trinajstić information content (AvgIpc) is 3.02. The van der Waals surface area contributed by atoms with Crippen LogP contribution in [0, 0.1) is 0 Å². The monoisotopic (exact) mass is 403 g/mol. The number of pyridine rings is 1. The maximum Gasteiger partial charge on any atom is 0.261 e. The van der Waals surface area contributed by atoms with Crippen LogP contribution in [0.5, 0.6) is 5.75 Å². The van der Waals surface area contributed by atoms with Crippen LogP contribution < -0.4 is 10.1 Å². The molecule has 3 aromatic rings. The molecule has 1 N–H and O–H groups in total. The molecule has 152 valence electrons. The van der Waals surface area contributed by atoms with E-state index in [0.717, 1.165) is 15.8 Å². The van der Waals surface area contributed by atoms with Crippen molar-refractivity contribution in [1.29, 1.82) is 0 Å². The zero-order chi connectivity index (χ0) is 20.9. The number of nitrogens with zero attached hydrogens (tertiary/aromatic N) is 2. The van der Waals surface area contributed by atoms with Crippen LogP contribution in [0.25, 0.3) is 10.9 Å². The minimum absolute atomic E-state index is 0.0658. The Bertz CT molecular complexity index is 1070. The fourth-order valence-corrected chi connectivity index (χ4v) is 3.42. The summed E-state index contributed by atoms with van der Waals surface area (Å²) in [4.78, 5) is 42.1. The fraction of sp³-hybridized carbons (Fsp3) is 0.217. The Morgan fingerprint density at radius 3 is 2.47 bits per heavy atom. The highest BCUT2D eigenvalue weighted by atomic mass is 16.5. The molecular weight excluding hydrogens is 382 g/mol. The molecule has 0 unspecified atom stereocenters. The molecule has 4 rings (SSSR count). The van der Waals surface area contributed by atoms with Gasteiger partial charge in [0.2, 0.25) is 5.91 Å². The van der Waals surface area contributed by atoms with Gasteiger partial charge in [0, 0.05) is 31.1 Å². The summed E-state index contributed by atoms with van der Waals surface area (Å²) in [6.45, 7) is 0.948. The Hall–Kier alpha value is -3.74. The highest BCUT2D eigenvalue weighted by molar-refractivity contribution is 6.21. The Kier molecular flexibility index (Phi) is 5.70. The second-order valence-corrected chi connectivity index (χ2v) is 6.94. The summed E-state index contributed by atoms with van der Waals surface area (Å²) in [6.07, 6.45) is 2.42. The lowest BCUT2D eigenvalue weighted by Crippen LogP contribution is -2.35. The number of hydrogen-bond donors (Lipinski definition) is 1. The first-order valence-corrected chi connectivity index (χ1v) is 9.83. The van der Waals surface area contributed by atoms with E-state index in [1.54, 1.807) is 30.5 Å². The summed E-state index contributed by atoms with van der Waals surface area (Å²) < 4.78 is 5.79. The SMILES string of the molecule is O=C(CCN1C(=O)c2ccccc2C1=O)NCCCOc1cccc2cccnc12. The molecule has 7 nitrogen and oxygen atoms in total. The van der Waals surface area contributed by atoms with E-state index < -0.39 is 0 Å². The predicted octanol–water partition coefficient (Wildman–Crippen LogP) is 2.81. The van der Waals surface area contributed by atoms with Gasteiger partial charge >= 0.3 is 0 Å². The third-order valence-electron chi connectivity index (χ3n) is 4.94. The Morgan fingerprint density at radius 2 is 1.70 bits per heavy atom.